The third kappa shape index (κ3) is 6.57. The molecule has 1 amide bonds. The van der Waals surface area contributed by atoms with Crippen molar-refractivity contribution in [2.24, 2.45) is 17.1 Å². The summed E-state index contributed by atoms with van der Waals surface area (Å²) in [5, 5.41) is 0. The Bertz CT molecular complexity index is 1510. The summed E-state index contributed by atoms with van der Waals surface area (Å²) in [6.45, 7) is 15.3. The Morgan fingerprint density at radius 1 is 0.935 bits per heavy atom. The van der Waals surface area contributed by atoms with Gasteiger partial charge in [0.25, 0.3) is 5.91 Å². The third-order valence-corrected chi connectivity index (χ3v) is 11.2. The maximum Gasteiger partial charge on any atom is 0.250 e. The minimum Gasteiger partial charge on any atom is -0.496 e. The van der Waals surface area contributed by atoms with E-state index in [1.807, 2.05) is 18.2 Å². The molecule has 2 atom stereocenters. The highest BCUT2D eigenvalue weighted by Crippen LogP contribution is 2.54. The monoisotopic (exact) mass is 622 g/mol. The molecule has 3 aliphatic rings. The average molecular weight is 623 g/mol. The lowest BCUT2D eigenvalue weighted by atomic mass is 9.58. The fourth-order valence-electron chi connectivity index (χ4n) is 8.67. The molecule has 6 rings (SSSR count). The molecule has 0 aromatic heterocycles. The predicted molar refractivity (Wildman–Crippen MR) is 189 cm³/mol. The van der Waals surface area contributed by atoms with Crippen LogP contribution in [-0.4, -0.2) is 61.6 Å². The number of hydrogen-bond donors (Lipinski definition) is 1. The second-order valence-corrected chi connectivity index (χ2v) is 14.8. The Hall–Kier alpha value is -3.35. The Kier molecular flexibility index (Phi) is 9.77. The van der Waals surface area contributed by atoms with Gasteiger partial charge in [-0.1, -0.05) is 76.2 Å². The summed E-state index contributed by atoms with van der Waals surface area (Å²) in [7, 11) is 1.80. The number of piperidine rings is 1. The Labute approximate surface area is 276 Å². The second-order valence-electron chi connectivity index (χ2n) is 14.8. The number of benzene rings is 3. The molecule has 246 valence electrons. The van der Waals surface area contributed by atoms with Crippen LogP contribution in [0.25, 0.3) is 0 Å². The Morgan fingerprint density at radius 3 is 2.35 bits per heavy atom. The van der Waals surface area contributed by atoms with Gasteiger partial charge in [-0.05, 0) is 89.8 Å². The second kappa shape index (κ2) is 13.8. The number of methoxy groups -OCH3 is 1. The van der Waals surface area contributed by atoms with Crippen LogP contribution in [0.2, 0.25) is 0 Å². The van der Waals surface area contributed by atoms with Crippen molar-refractivity contribution in [2.75, 3.05) is 44.7 Å². The van der Waals surface area contributed by atoms with Gasteiger partial charge in [-0.15, -0.1) is 0 Å². The zero-order chi connectivity index (χ0) is 32.4. The maximum atomic E-state index is 12.2. The van der Waals surface area contributed by atoms with Crippen LogP contribution < -0.4 is 15.4 Å². The molecule has 3 aromatic rings. The summed E-state index contributed by atoms with van der Waals surface area (Å²) in [5.74, 6) is 1.76. The number of nitrogens with two attached hydrogens (primary N) is 1. The number of amides is 1. The Balaban J connectivity index is 1.22. The van der Waals surface area contributed by atoms with Crippen molar-refractivity contribution < 1.29 is 9.53 Å². The zero-order valence-corrected chi connectivity index (χ0v) is 28.7. The number of primary amides is 1. The van der Waals surface area contributed by atoms with Crippen molar-refractivity contribution in [2.45, 2.75) is 84.3 Å². The van der Waals surface area contributed by atoms with E-state index in [4.69, 9.17) is 10.5 Å². The number of hydrogen-bond acceptors (Lipinski definition) is 5. The van der Waals surface area contributed by atoms with E-state index < -0.39 is 0 Å². The van der Waals surface area contributed by atoms with E-state index in [2.05, 4.69) is 90.9 Å². The third-order valence-electron chi connectivity index (χ3n) is 11.2. The normalized spacial score (nSPS) is 21.9. The highest BCUT2D eigenvalue weighted by Gasteiger charge is 2.53. The number of piperazine rings is 1. The summed E-state index contributed by atoms with van der Waals surface area (Å²) in [4.78, 5) is 20.1. The number of ether oxygens (including phenoxy) is 1. The van der Waals surface area contributed by atoms with Crippen LogP contribution in [0.1, 0.15) is 97.9 Å². The molecule has 0 bridgehead atoms. The van der Waals surface area contributed by atoms with Gasteiger partial charge in [-0.2, -0.15) is 0 Å². The molecule has 1 aliphatic carbocycles. The van der Waals surface area contributed by atoms with Crippen molar-refractivity contribution in [3.8, 4) is 5.75 Å². The van der Waals surface area contributed by atoms with Crippen LogP contribution in [0.4, 0.5) is 5.69 Å². The molecule has 2 heterocycles. The van der Waals surface area contributed by atoms with Crippen molar-refractivity contribution in [1.82, 2.24) is 9.80 Å². The molecule has 3 fully saturated rings. The van der Waals surface area contributed by atoms with Gasteiger partial charge in [-0.3, -0.25) is 14.6 Å². The highest BCUT2D eigenvalue weighted by atomic mass is 16.5. The lowest BCUT2D eigenvalue weighted by Gasteiger charge is -2.61. The molecule has 1 spiro atoms. The number of rotatable bonds is 10. The molecule has 3 aromatic carbocycles. The Morgan fingerprint density at radius 2 is 1.67 bits per heavy atom. The highest BCUT2D eigenvalue weighted by molar-refractivity contribution is 5.98. The lowest BCUT2D eigenvalue weighted by molar-refractivity contribution is -0.0881. The van der Waals surface area contributed by atoms with E-state index in [1.54, 1.807) is 7.11 Å². The van der Waals surface area contributed by atoms with E-state index in [-0.39, 0.29) is 5.91 Å². The van der Waals surface area contributed by atoms with Gasteiger partial charge in [0.1, 0.15) is 5.75 Å². The quantitative estimate of drug-likeness (QED) is 0.255. The molecule has 1 saturated carbocycles. The molecule has 6 heteroatoms. The zero-order valence-electron chi connectivity index (χ0n) is 28.7. The standard InChI is InChI=1S/C40H54N4O2/c1-28(2)24-31-15-14-30(25-37(31)46-5)26-42-22-23-44(36(27-42)33-11-7-6-10-32(33)29(3)4)38-16-17-40(38)18-20-43(21-19-40)35-13-9-8-12-34(35)39(41)45/h6-15,25,28-29,36,38H,16-24,26-27H2,1-5H3,(H2,41,45)/t36?,38-/m1/s1. The molecule has 6 nitrogen and oxygen atoms in total. The maximum absolute atomic E-state index is 12.2. The van der Waals surface area contributed by atoms with Crippen LogP contribution in [-0.2, 0) is 13.0 Å². The molecule has 2 N–H and O–H groups in total. The number of carbonyl (C=O) groups excluding carboxylic acids is 1. The van der Waals surface area contributed by atoms with Crippen LogP contribution in [0, 0.1) is 11.3 Å². The fraction of sp³-hybridized carbons (Fsp3) is 0.525. The van der Waals surface area contributed by atoms with Crippen molar-refractivity contribution in [1.29, 1.82) is 0 Å². The van der Waals surface area contributed by atoms with E-state index in [0.29, 0.717) is 34.9 Å². The van der Waals surface area contributed by atoms with Crippen LogP contribution in [0.3, 0.4) is 0 Å². The minimum atomic E-state index is -0.341. The molecule has 46 heavy (non-hydrogen) atoms. The molecular formula is C40H54N4O2. The van der Waals surface area contributed by atoms with Gasteiger partial charge in [0.05, 0.1) is 12.7 Å². The summed E-state index contributed by atoms with van der Waals surface area (Å²) in [5.41, 5.74) is 13.3. The first kappa shape index (κ1) is 32.6. The first-order valence-corrected chi connectivity index (χ1v) is 17.6. The lowest BCUT2D eigenvalue weighted by Crippen LogP contribution is -2.63. The molecule has 1 unspecified atom stereocenters. The first-order valence-electron chi connectivity index (χ1n) is 17.6. The van der Waals surface area contributed by atoms with E-state index in [1.165, 1.54) is 35.1 Å². The first-order chi connectivity index (χ1) is 22.2. The van der Waals surface area contributed by atoms with Crippen molar-refractivity contribution in [3.63, 3.8) is 0 Å². The molecule has 2 aliphatic heterocycles. The number of nitrogens with zero attached hydrogens (tertiary/aromatic N) is 3. The topological polar surface area (TPSA) is 62.0 Å². The largest absolute Gasteiger partial charge is 0.496 e. The van der Waals surface area contributed by atoms with E-state index in [0.717, 1.165) is 70.0 Å². The number of anilines is 1. The summed E-state index contributed by atoms with van der Waals surface area (Å²) in [6, 6.07) is 24.9. The minimum absolute atomic E-state index is 0.338. The van der Waals surface area contributed by atoms with Gasteiger partial charge in [-0.25, -0.2) is 0 Å². The summed E-state index contributed by atoms with van der Waals surface area (Å²) in [6.07, 6.45) is 5.92. The van der Waals surface area contributed by atoms with Gasteiger partial charge in [0, 0.05) is 57.0 Å². The smallest absolute Gasteiger partial charge is 0.250 e. The van der Waals surface area contributed by atoms with Gasteiger partial charge in [0.2, 0.25) is 0 Å². The van der Waals surface area contributed by atoms with Gasteiger partial charge in [0.15, 0.2) is 0 Å². The van der Waals surface area contributed by atoms with E-state index >= 15 is 0 Å². The fourth-order valence-corrected chi connectivity index (χ4v) is 8.67. The number of carbonyl (C=O) groups is 1. The summed E-state index contributed by atoms with van der Waals surface area (Å²) >= 11 is 0. The van der Waals surface area contributed by atoms with E-state index in [9.17, 15) is 4.79 Å². The van der Waals surface area contributed by atoms with Crippen molar-refractivity contribution >= 4 is 11.6 Å². The van der Waals surface area contributed by atoms with Crippen LogP contribution >= 0.6 is 0 Å². The van der Waals surface area contributed by atoms with Gasteiger partial charge >= 0.3 is 0 Å². The SMILES string of the molecule is COc1cc(CN2CCN([C@@H]3CCC34CCN(c3ccccc3C(N)=O)CC4)C(c3ccccc3C(C)C)C2)ccc1CC(C)C. The predicted octanol–water partition coefficient (Wildman–Crippen LogP) is 7.42. The van der Waals surface area contributed by atoms with Gasteiger partial charge < -0.3 is 15.4 Å². The molecule has 0 radical (unpaired) electrons. The molecular weight excluding hydrogens is 568 g/mol. The summed E-state index contributed by atoms with van der Waals surface area (Å²) < 4.78 is 5.84. The van der Waals surface area contributed by atoms with Crippen LogP contribution in [0.5, 0.6) is 5.75 Å². The van der Waals surface area contributed by atoms with Crippen molar-refractivity contribution in [3.05, 3.63) is 94.5 Å². The van der Waals surface area contributed by atoms with Crippen LogP contribution in [0.15, 0.2) is 66.7 Å². The average Bonchev–Trinajstić information content (AvgIpc) is 3.05. The molecule has 2 saturated heterocycles. The number of para-hydroxylation sites is 1.